The normalized spacial score (nSPS) is 14.0. The molecule has 0 amide bonds. The van der Waals surface area contributed by atoms with Crippen molar-refractivity contribution < 1.29 is 4.74 Å². The average Bonchev–Trinajstić information content (AvgIpc) is 3.06. The minimum Gasteiger partial charge on any atom is -0.489 e. The molecule has 0 saturated carbocycles. The number of para-hydroxylation sites is 1. The van der Waals surface area contributed by atoms with Crippen LogP contribution in [0.2, 0.25) is 0 Å². The predicted molar refractivity (Wildman–Crippen MR) is 82.2 cm³/mol. The highest BCUT2D eigenvalue weighted by atomic mass is 32.1. The average molecular weight is 301 g/mol. The largest absolute Gasteiger partial charge is 0.489 e. The van der Waals surface area contributed by atoms with E-state index in [4.69, 9.17) is 4.74 Å². The lowest BCUT2D eigenvalue weighted by atomic mass is 10.1. The van der Waals surface area contributed by atoms with Gasteiger partial charge in [0.15, 0.2) is 16.6 Å². The number of hydrogen-bond donors (Lipinski definition) is 1. The molecule has 21 heavy (non-hydrogen) atoms. The van der Waals surface area contributed by atoms with Gasteiger partial charge in [0, 0.05) is 12.5 Å². The molecule has 7 heteroatoms. The number of fused-ring (bicyclic) bond motifs is 2. The van der Waals surface area contributed by atoms with E-state index >= 15 is 0 Å². The van der Waals surface area contributed by atoms with Gasteiger partial charge < -0.3 is 10.1 Å². The summed E-state index contributed by atoms with van der Waals surface area (Å²) in [7, 11) is 0. The van der Waals surface area contributed by atoms with Crippen molar-refractivity contribution in [3.63, 3.8) is 0 Å². The fourth-order valence-electron chi connectivity index (χ4n) is 2.44. The second kappa shape index (κ2) is 4.70. The molecular formula is C14H15N5OS. The highest BCUT2D eigenvalue weighted by Gasteiger charge is 2.20. The van der Waals surface area contributed by atoms with Gasteiger partial charge >= 0.3 is 0 Å². The number of nitrogens with one attached hydrogen (secondary N) is 1. The van der Waals surface area contributed by atoms with Crippen molar-refractivity contribution in [2.75, 3.05) is 18.5 Å². The molecule has 108 valence electrons. The summed E-state index contributed by atoms with van der Waals surface area (Å²) in [6.45, 7) is 5.68. The molecule has 1 aromatic carbocycles. The lowest BCUT2D eigenvalue weighted by molar-refractivity contribution is 0.324. The Bertz CT molecular complexity index is 807. The van der Waals surface area contributed by atoms with E-state index in [0.29, 0.717) is 6.61 Å². The number of anilines is 1. The van der Waals surface area contributed by atoms with E-state index in [1.807, 2.05) is 22.7 Å². The Labute approximate surface area is 125 Å². The molecule has 0 spiro atoms. The maximum Gasteiger partial charge on any atom is 0.234 e. The Morgan fingerprint density at radius 1 is 1.33 bits per heavy atom. The summed E-state index contributed by atoms with van der Waals surface area (Å²) in [5.41, 5.74) is 2.03. The fraction of sp³-hybridized carbons (Fsp3) is 0.357. The molecule has 0 fully saturated rings. The maximum absolute atomic E-state index is 5.82. The quantitative estimate of drug-likeness (QED) is 0.788. The van der Waals surface area contributed by atoms with Gasteiger partial charge in [0.05, 0.1) is 11.3 Å². The van der Waals surface area contributed by atoms with Crippen molar-refractivity contribution in [3.8, 4) is 16.3 Å². The van der Waals surface area contributed by atoms with E-state index in [1.54, 1.807) is 0 Å². The summed E-state index contributed by atoms with van der Waals surface area (Å²) < 4.78 is 7.65. The van der Waals surface area contributed by atoms with Gasteiger partial charge in [-0.3, -0.25) is 0 Å². The standard InChI is InChI=1S/C14H15N5OS/c1-8(2)12-16-17-14-19(12)18-13(21-14)9-4-3-5-10-11(9)20-7-6-15-10/h3-5,8,15H,6-7H2,1-2H3. The summed E-state index contributed by atoms with van der Waals surface area (Å²) in [5, 5.41) is 17.3. The van der Waals surface area contributed by atoms with Crippen LogP contribution in [0.15, 0.2) is 18.2 Å². The van der Waals surface area contributed by atoms with Crippen molar-refractivity contribution in [3.05, 3.63) is 24.0 Å². The molecule has 0 bridgehead atoms. The molecule has 0 atom stereocenters. The molecule has 0 unspecified atom stereocenters. The molecule has 0 aliphatic carbocycles. The van der Waals surface area contributed by atoms with Gasteiger partial charge in [-0.05, 0) is 12.1 Å². The number of aromatic nitrogens is 4. The molecule has 0 saturated heterocycles. The zero-order valence-electron chi connectivity index (χ0n) is 11.8. The Kier molecular flexibility index (Phi) is 2.81. The lowest BCUT2D eigenvalue weighted by Crippen LogP contribution is -2.18. The zero-order chi connectivity index (χ0) is 14.4. The van der Waals surface area contributed by atoms with Crippen molar-refractivity contribution in [2.24, 2.45) is 0 Å². The van der Waals surface area contributed by atoms with Gasteiger partial charge in [0.25, 0.3) is 0 Å². The van der Waals surface area contributed by atoms with Gasteiger partial charge in [-0.15, -0.1) is 10.2 Å². The number of hydrogen-bond acceptors (Lipinski definition) is 6. The molecular weight excluding hydrogens is 286 g/mol. The first-order chi connectivity index (χ1) is 10.2. The van der Waals surface area contributed by atoms with Crippen LogP contribution >= 0.6 is 11.3 Å². The maximum atomic E-state index is 5.82. The van der Waals surface area contributed by atoms with Gasteiger partial charge in [0.1, 0.15) is 6.61 Å². The summed E-state index contributed by atoms with van der Waals surface area (Å²) in [5.74, 6) is 2.05. The Morgan fingerprint density at radius 3 is 3.10 bits per heavy atom. The molecule has 1 aliphatic rings. The lowest BCUT2D eigenvalue weighted by Gasteiger charge is -2.20. The van der Waals surface area contributed by atoms with Crippen molar-refractivity contribution in [2.45, 2.75) is 19.8 Å². The SMILES string of the molecule is CC(C)c1nnc2sc(-c3cccc4c3OCCN4)nn12. The van der Waals surface area contributed by atoms with Gasteiger partial charge in [0.2, 0.25) is 4.96 Å². The molecule has 0 radical (unpaired) electrons. The second-order valence-electron chi connectivity index (χ2n) is 5.27. The smallest absolute Gasteiger partial charge is 0.234 e. The van der Waals surface area contributed by atoms with E-state index in [9.17, 15) is 0 Å². The van der Waals surface area contributed by atoms with Gasteiger partial charge in [-0.2, -0.15) is 9.61 Å². The Balaban J connectivity index is 1.87. The Morgan fingerprint density at radius 2 is 2.24 bits per heavy atom. The molecule has 2 aromatic heterocycles. The topological polar surface area (TPSA) is 64.3 Å². The third-order valence-electron chi connectivity index (χ3n) is 3.44. The van der Waals surface area contributed by atoms with Crippen LogP contribution in [0.4, 0.5) is 5.69 Å². The van der Waals surface area contributed by atoms with Crippen LogP contribution < -0.4 is 10.1 Å². The summed E-state index contributed by atoms with van der Waals surface area (Å²) in [4.78, 5) is 0.815. The minimum atomic E-state index is 0.289. The van der Waals surface area contributed by atoms with Crippen LogP contribution in [-0.2, 0) is 0 Å². The molecule has 3 heterocycles. The molecule has 3 aromatic rings. The number of rotatable bonds is 2. The van der Waals surface area contributed by atoms with Crippen molar-refractivity contribution >= 4 is 22.0 Å². The monoisotopic (exact) mass is 301 g/mol. The van der Waals surface area contributed by atoms with Gasteiger partial charge in [-0.25, -0.2) is 0 Å². The number of nitrogens with zero attached hydrogens (tertiary/aromatic N) is 4. The molecule has 6 nitrogen and oxygen atoms in total. The summed E-state index contributed by atoms with van der Waals surface area (Å²) >= 11 is 1.53. The highest BCUT2D eigenvalue weighted by molar-refractivity contribution is 7.19. The van der Waals surface area contributed by atoms with Crippen molar-refractivity contribution in [1.82, 2.24) is 19.8 Å². The van der Waals surface area contributed by atoms with Crippen LogP contribution in [-0.4, -0.2) is 33.0 Å². The number of benzene rings is 1. The number of ether oxygens (including phenoxy) is 1. The predicted octanol–water partition coefficient (Wildman–Crippen LogP) is 2.78. The van der Waals surface area contributed by atoms with Crippen LogP contribution in [0.3, 0.4) is 0 Å². The first-order valence-electron chi connectivity index (χ1n) is 6.96. The zero-order valence-corrected chi connectivity index (χ0v) is 12.6. The van der Waals surface area contributed by atoms with E-state index in [2.05, 4.69) is 34.5 Å². The Hall–Kier alpha value is -2.15. The van der Waals surface area contributed by atoms with Crippen molar-refractivity contribution in [1.29, 1.82) is 0 Å². The first kappa shape index (κ1) is 12.6. The van der Waals surface area contributed by atoms with Crippen LogP contribution in [0.5, 0.6) is 5.75 Å². The van der Waals surface area contributed by atoms with E-state index < -0.39 is 0 Å². The highest BCUT2D eigenvalue weighted by Crippen LogP contribution is 2.39. The molecule has 4 rings (SSSR count). The van der Waals surface area contributed by atoms with Crippen LogP contribution in [0, 0.1) is 0 Å². The van der Waals surface area contributed by atoms with Gasteiger partial charge in [-0.1, -0.05) is 31.3 Å². The van der Waals surface area contributed by atoms with E-state index in [-0.39, 0.29) is 5.92 Å². The first-order valence-corrected chi connectivity index (χ1v) is 7.78. The second-order valence-corrected chi connectivity index (χ2v) is 6.23. The third kappa shape index (κ3) is 1.96. The molecule has 1 aliphatic heterocycles. The van der Waals surface area contributed by atoms with Crippen LogP contribution in [0.25, 0.3) is 15.5 Å². The van der Waals surface area contributed by atoms with E-state index in [1.165, 1.54) is 11.3 Å². The summed E-state index contributed by atoms with van der Waals surface area (Å²) in [6.07, 6.45) is 0. The molecule has 1 N–H and O–H groups in total. The summed E-state index contributed by atoms with van der Waals surface area (Å²) in [6, 6.07) is 6.08. The third-order valence-corrected chi connectivity index (χ3v) is 4.37. The fourth-order valence-corrected chi connectivity index (χ4v) is 3.31. The minimum absolute atomic E-state index is 0.289. The van der Waals surface area contributed by atoms with E-state index in [0.717, 1.165) is 39.3 Å². The van der Waals surface area contributed by atoms with Crippen LogP contribution in [0.1, 0.15) is 25.6 Å².